The first-order valence-electron chi connectivity index (χ1n) is 8.40. The number of hydrogen-bond acceptors (Lipinski definition) is 2. The lowest BCUT2D eigenvalue weighted by atomic mass is 9.83. The van der Waals surface area contributed by atoms with Crippen LogP contribution in [0.25, 0.3) is 0 Å². The monoisotopic (exact) mass is 345 g/mol. The Bertz CT molecular complexity index is 544. The normalized spacial score (nSPS) is 11.4. The number of ether oxygens (including phenoxy) is 1. The molecule has 0 amide bonds. The molecule has 3 heteroatoms. The van der Waals surface area contributed by atoms with E-state index in [2.05, 4.69) is 85.1 Å². The molecule has 0 aliphatic heterocycles. The van der Waals surface area contributed by atoms with Gasteiger partial charge in [0, 0.05) is 13.2 Å². The number of rotatable bonds is 9. The van der Waals surface area contributed by atoms with Crippen molar-refractivity contribution in [1.82, 2.24) is 5.32 Å². The number of halogens is 1. The predicted molar refractivity (Wildman–Crippen MR) is 105 cm³/mol. The quantitative estimate of drug-likeness (QED) is 0.513. The van der Waals surface area contributed by atoms with Gasteiger partial charge >= 0.3 is 0 Å². The Balaban J connectivity index is 0.00000288. The van der Waals surface area contributed by atoms with Crippen LogP contribution in [0.5, 0.6) is 0 Å². The zero-order valence-electron chi connectivity index (χ0n) is 14.6. The minimum absolute atomic E-state index is 0. The third-order valence-electron chi connectivity index (χ3n) is 4.02. The lowest BCUT2D eigenvalue weighted by Gasteiger charge is -2.35. The highest BCUT2D eigenvalue weighted by atomic mass is 35.5. The molecule has 0 saturated heterocycles. The third kappa shape index (κ3) is 5.20. The van der Waals surface area contributed by atoms with Crippen molar-refractivity contribution in [1.29, 1.82) is 0 Å². The summed E-state index contributed by atoms with van der Waals surface area (Å²) in [6, 6.07) is 21.1. The maximum absolute atomic E-state index is 6.35. The largest absolute Gasteiger partial charge is 0.366 e. The molecular formula is C21H28ClNO. The zero-order valence-corrected chi connectivity index (χ0v) is 15.4. The van der Waals surface area contributed by atoms with Gasteiger partial charge in [0.1, 0.15) is 5.60 Å². The molecule has 1 N–H and O–H groups in total. The summed E-state index contributed by atoms with van der Waals surface area (Å²) in [5.41, 5.74) is 2.02. The van der Waals surface area contributed by atoms with Crippen molar-refractivity contribution in [3.05, 3.63) is 83.9 Å². The van der Waals surface area contributed by atoms with Crippen LogP contribution in [0.3, 0.4) is 0 Å². The van der Waals surface area contributed by atoms with Gasteiger partial charge in [-0.25, -0.2) is 0 Å². The Morgan fingerprint density at radius 2 is 1.50 bits per heavy atom. The van der Waals surface area contributed by atoms with Crippen molar-refractivity contribution in [3.8, 4) is 0 Å². The van der Waals surface area contributed by atoms with E-state index in [0.29, 0.717) is 6.61 Å². The van der Waals surface area contributed by atoms with Crippen LogP contribution in [0.15, 0.2) is 72.8 Å². The minimum Gasteiger partial charge on any atom is -0.366 e. The van der Waals surface area contributed by atoms with E-state index in [-0.39, 0.29) is 12.4 Å². The molecule has 0 aromatic heterocycles. The van der Waals surface area contributed by atoms with Crippen LogP contribution in [-0.2, 0) is 10.3 Å². The van der Waals surface area contributed by atoms with E-state index in [0.717, 1.165) is 19.5 Å². The molecule has 0 fully saturated rings. The molecule has 2 nitrogen and oxygen atoms in total. The number of benzene rings is 2. The van der Waals surface area contributed by atoms with Gasteiger partial charge in [-0.1, -0.05) is 72.8 Å². The topological polar surface area (TPSA) is 21.3 Å². The van der Waals surface area contributed by atoms with E-state index >= 15 is 0 Å². The average Bonchev–Trinajstić information content (AvgIpc) is 2.62. The summed E-state index contributed by atoms with van der Waals surface area (Å²) >= 11 is 0. The Morgan fingerprint density at radius 1 is 0.958 bits per heavy atom. The Hall–Kier alpha value is -1.61. The lowest BCUT2D eigenvalue weighted by molar-refractivity contribution is -0.0171. The van der Waals surface area contributed by atoms with Gasteiger partial charge in [-0.2, -0.15) is 0 Å². The molecule has 0 atom stereocenters. The Labute approximate surface area is 152 Å². The summed E-state index contributed by atoms with van der Waals surface area (Å²) in [4.78, 5) is 0. The highest BCUT2D eigenvalue weighted by Crippen LogP contribution is 2.36. The van der Waals surface area contributed by atoms with Crippen molar-refractivity contribution in [2.45, 2.75) is 25.9 Å². The van der Waals surface area contributed by atoms with Crippen molar-refractivity contribution in [3.63, 3.8) is 0 Å². The molecule has 0 aliphatic rings. The zero-order chi connectivity index (χ0) is 16.4. The maximum Gasteiger partial charge on any atom is 0.119 e. The van der Waals surface area contributed by atoms with E-state index in [1.54, 1.807) is 0 Å². The van der Waals surface area contributed by atoms with Crippen molar-refractivity contribution in [2.24, 2.45) is 0 Å². The van der Waals surface area contributed by atoms with Gasteiger partial charge in [0.2, 0.25) is 0 Å². The molecule has 0 radical (unpaired) electrons. The summed E-state index contributed by atoms with van der Waals surface area (Å²) in [6.45, 7) is 6.57. The highest BCUT2D eigenvalue weighted by molar-refractivity contribution is 5.85. The maximum atomic E-state index is 6.35. The van der Waals surface area contributed by atoms with E-state index in [1.165, 1.54) is 11.1 Å². The molecule has 2 aromatic rings. The van der Waals surface area contributed by atoms with Crippen LogP contribution in [0.1, 0.15) is 31.4 Å². The summed E-state index contributed by atoms with van der Waals surface area (Å²) in [7, 11) is 0. The molecular weight excluding hydrogens is 318 g/mol. The molecule has 0 spiro atoms. The first-order valence-corrected chi connectivity index (χ1v) is 8.40. The number of allylic oxidation sites excluding steroid dienone is 1. The van der Waals surface area contributed by atoms with Gasteiger partial charge in [0.15, 0.2) is 0 Å². The molecule has 0 aliphatic carbocycles. The highest BCUT2D eigenvalue weighted by Gasteiger charge is 2.34. The SMILES string of the molecule is C/C=C/CNCCC(OCC)(c1ccccc1)c1ccccc1.Cl. The first-order chi connectivity index (χ1) is 11.3. The van der Waals surface area contributed by atoms with Crippen LogP contribution in [-0.4, -0.2) is 19.7 Å². The second kappa shape index (κ2) is 11.0. The Kier molecular flexibility index (Phi) is 9.39. The molecule has 0 heterocycles. The molecule has 130 valence electrons. The predicted octanol–water partition coefficient (Wildman–Crippen LogP) is 4.94. The fraction of sp³-hybridized carbons (Fsp3) is 0.333. The fourth-order valence-electron chi connectivity index (χ4n) is 2.92. The van der Waals surface area contributed by atoms with Crippen LogP contribution in [0.2, 0.25) is 0 Å². The van der Waals surface area contributed by atoms with Gasteiger partial charge in [-0.3, -0.25) is 0 Å². The van der Waals surface area contributed by atoms with Gasteiger partial charge in [-0.15, -0.1) is 12.4 Å². The van der Waals surface area contributed by atoms with Gasteiger partial charge in [-0.05, 0) is 37.9 Å². The van der Waals surface area contributed by atoms with E-state index < -0.39 is 5.60 Å². The van der Waals surface area contributed by atoms with Crippen LogP contribution in [0, 0.1) is 0 Å². The summed E-state index contributed by atoms with van der Waals surface area (Å²) in [5, 5.41) is 3.47. The second-order valence-electron chi connectivity index (χ2n) is 5.52. The fourth-order valence-corrected chi connectivity index (χ4v) is 2.92. The van der Waals surface area contributed by atoms with E-state index in [9.17, 15) is 0 Å². The van der Waals surface area contributed by atoms with Crippen molar-refractivity contribution >= 4 is 12.4 Å². The van der Waals surface area contributed by atoms with Gasteiger partial charge < -0.3 is 10.1 Å². The van der Waals surface area contributed by atoms with E-state index in [4.69, 9.17) is 4.74 Å². The lowest BCUT2D eigenvalue weighted by Crippen LogP contribution is -2.35. The van der Waals surface area contributed by atoms with Gasteiger partial charge in [0.25, 0.3) is 0 Å². The van der Waals surface area contributed by atoms with Crippen LogP contribution < -0.4 is 5.32 Å². The first kappa shape index (κ1) is 20.4. The summed E-state index contributed by atoms with van der Waals surface area (Å²) in [6.07, 6.45) is 5.09. The number of hydrogen-bond donors (Lipinski definition) is 1. The average molecular weight is 346 g/mol. The standard InChI is InChI=1S/C21H27NO.ClH/c1-3-5-17-22-18-16-21(23-4-2,19-12-8-6-9-13-19)20-14-10-7-11-15-20;/h3,5-15,22H,4,16-18H2,1-2H3;1H/b5-3+;. The number of nitrogens with one attached hydrogen (secondary N) is 1. The van der Waals surface area contributed by atoms with Crippen LogP contribution in [0.4, 0.5) is 0 Å². The third-order valence-corrected chi connectivity index (χ3v) is 4.02. The molecule has 2 aromatic carbocycles. The molecule has 0 saturated carbocycles. The van der Waals surface area contributed by atoms with Crippen LogP contribution >= 0.6 is 12.4 Å². The van der Waals surface area contributed by atoms with Crippen molar-refractivity contribution in [2.75, 3.05) is 19.7 Å². The minimum atomic E-state index is -0.403. The van der Waals surface area contributed by atoms with Crippen molar-refractivity contribution < 1.29 is 4.74 Å². The van der Waals surface area contributed by atoms with E-state index in [1.807, 2.05) is 6.92 Å². The molecule has 0 bridgehead atoms. The molecule has 0 unspecified atom stereocenters. The summed E-state index contributed by atoms with van der Waals surface area (Å²) in [5.74, 6) is 0. The second-order valence-corrected chi connectivity index (χ2v) is 5.52. The molecule has 2 rings (SSSR count). The van der Waals surface area contributed by atoms with Gasteiger partial charge in [0.05, 0.1) is 0 Å². The summed E-state index contributed by atoms with van der Waals surface area (Å²) < 4.78 is 6.35. The Morgan fingerprint density at radius 3 is 1.96 bits per heavy atom. The molecule has 24 heavy (non-hydrogen) atoms. The smallest absolute Gasteiger partial charge is 0.119 e.